The van der Waals surface area contributed by atoms with Crippen molar-refractivity contribution in [3.8, 4) is 0 Å². The fraction of sp³-hybridized carbons (Fsp3) is 0.857. The van der Waals surface area contributed by atoms with Crippen LogP contribution < -0.4 is 10.6 Å². The van der Waals surface area contributed by atoms with Gasteiger partial charge in [-0.2, -0.15) is 0 Å². The molecular formula is C14H26N2O3. The van der Waals surface area contributed by atoms with Crippen LogP contribution in [-0.4, -0.2) is 29.2 Å². The third-order valence-electron chi connectivity index (χ3n) is 3.89. The van der Waals surface area contributed by atoms with Crippen molar-refractivity contribution in [3.63, 3.8) is 0 Å². The van der Waals surface area contributed by atoms with E-state index in [1.54, 1.807) is 0 Å². The molecule has 0 bridgehead atoms. The van der Waals surface area contributed by atoms with E-state index in [2.05, 4.69) is 24.5 Å². The lowest BCUT2D eigenvalue weighted by Gasteiger charge is -2.20. The number of hydrogen-bond donors (Lipinski definition) is 3. The van der Waals surface area contributed by atoms with Crippen LogP contribution in [0.4, 0.5) is 4.79 Å². The molecule has 0 aliphatic heterocycles. The van der Waals surface area contributed by atoms with Crippen LogP contribution in [0.1, 0.15) is 52.9 Å². The summed E-state index contributed by atoms with van der Waals surface area (Å²) in [6.45, 7) is 6.83. The maximum absolute atomic E-state index is 11.6. The molecule has 5 nitrogen and oxygen atoms in total. The second-order valence-electron chi connectivity index (χ2n) is 6.17. The number of carbonyl (C=O) groups excluding carboxylic acids is 1. The fourth-order valence-electron chi connectivity index (χ4n) is 2.12. The van der Waals surface area contributed by atoms with Gasteiger partial charge in [0.2, 0.25) is 0 Å². The maximum Gasteiger partial charge on any atom is 0.315 e. The molecule has 0 aromatic heterocycles. The lowest BCUT2D eigenvalue weighted by atomic mass is 9.88. The SMILES string of the molecule is CC(C)C(CCNC(=O)NC1(C)CC1)CCC(=O)O. The lowest BCUT2D eigenvalue weighted by molar-refractivity contribution is -0.137. The van der Waals surface area contributed by atoms with Crippen LogP contribution in [0.5, 0.6) is 0 Å². The van der Waals surface area contributed by atoms with Gasteiger partial charge in [0, 0.05) is 18.5 Å². The van der Waals surface area contributed by atoms with E-state index in [0.717, 1.165) is 19.3 Å². The van der Waals surface area contributed by atoms with Crippen LogP contribution in [-0.2, 0) is 4.79 Å². The predicted octanol–water partition coefficient (Wildman–Crippen LogP) is 2.37. The molecule has 1 aliphatic rings. The van der Waals surface area contributed by atoms with Gasteiger partial charge in [0.25, 0.3) is 0 Å². The Morgan fingerprint density at radius 2 is 1.89 bits per heavy atom. The highest BCUT2D eigenvalue weighted by atomic mass is 16.4. The third-order valence-corrected chi connectivity index (χ3v) is 3.89. The van der Waals surface area contributed by atoms with Crippen LogP contribution in [0.25, 0.3) is 0 Å². The standard InChI is InChI=1S/C14H26N2O3/c1-10(2)11(4-5-12(17)18)6-9-15-13(19)16-14(3)7-8-14/h10-11H,4-9H2,1-3H3,(H,17,18)(H2,15,16,19). The largest absolute Gasteiger partial charge is 0.481 e. The van der Waals surface area contributed by atoms with E-state index in [0.29, 0.717) is 24.8 Å². The summed E-state index contributed by atoms with van der Waals surface area (Å²) in [5, 5.41) is 14.5. The van der Waals surface area contributed by atoms with Crippen molar-refractivity contribution in [1.82, 2.24) is 10.6 Å². The van der Waals surface area contributed by atoms with Crippen molar-refractivity contribution in [2.24, 2.45) is 11.8 Å². The molecule has 0 radical (unpaired) electrons. The summed E-state index contributed by atoms with van der Waals surface area (Å²) in [4.78, 5) is 22.2. The molecule has 1 saturated carbocycles. The minimum Gasteiger partial charge on any atom is -0.481 e. The monoisotopic (exact) mass is 270 g/mol. The molecule has 0 saturated heterocycles. The predicted molar refractivity (Wildman–Crippen MR) is 74.0 cm³/mol. The van der Waals surface area contributed by atoms with Gasteiger partial charge < -0.3 is 15.7 Å². The molecule has 1 rings (SSSR count). The Morgan fingerprint density at radius 3 is 2.37 bits per heavy atom. The summed E-state index contributed by atoms with van der Waals surface area (Å²) < 4.78 is 0. The Balaban J connectivity index is 2.19. The van der Waals surface area contributed by atoms with Gasteiger partial charge in [-0.15, -0.1) is 0 Å². The van der Waals surface area contributed by atoms with Gasteiger partial charge in [-0.05, 0) is 44.4 Å². The highest BCUT2D eigenvalue weighted by molar-refractivity contribution is 5.75. The molecule has 0 heterocycles. The second-order valence-corrected chi connectivity index (χ2v) is 6.17. The van der Waals surface area contributed by atoms with E-state index in [9.17, 15) is 9.59 Å². The number of rotatable bonds is 8. The molecule has 0 aromatic carbocycles. The Kier molecular flexibility index (Phi) is 5.63. The fourth-order valence-corrected chi connectivity index (χ4v) is 2.12. The van der Waals surface area contributed by atoms with Crippen molar-refractivity contribution >= 4 is 12.0 Å². The van der Waals surface area contributed by atoms with E-state index in [4.69, 9.17) is 5.11 Å². The number of carboxylic acid groups (broad SMARTS) is 1. The van der Waals surface area contributed by atoms with Crippen LogP contribution >= 0.6 is 0 Å². The zero-order chi connectivity index (χ0) is 14.5. The summed E-state index contributed by atoms with van der Waals surface area (Å²) in [6, 6.07) is -0.110. The van der Waals surface area contributed by atoms with Gasteiger partial charge >= 0.3 is 12.0 Å². The molecule has 2 amide bonds. The first-order chi connectivity index (χ1) is 8.82. The minimum atomic E-state index is -0.752. The smallest absolute Gasteiger partial charge is 0.315 e. The van der Waals surface area contributed by atoms with Crippen molar-refractivity contribution in [1.29, 1.82) is 0 Å². The highest BCUT2D eigenvalue weighted by Gasteiger charge is 2.38. The molecule has 0 spiro atoms. The number of amides is 2. The van der Waals surface area contributed by atoms with Gasteiger partial charge in [-0.3, -0.25) is 4.79 Å². The van der Waals surface area contributed by atoms with Gasteiger partial charge in [0.1, 0.15) is 0 Å². The molecule has 5 heteroatoms. The first-order valence-corrected chi connectivity index (χ1v) is 7.10. The molecule has 0 aromatic rings. The molecule has 1 atom stereocenters. The van der Waals surface area contributed by atoms with Crippen molar-refractivity contribution < 1.29 is 14.7 Å². The van der Waals surface area contributed by atoms with Gasteiger partial charge in [0.05, 0.1) is 0 Å². The number of nitrogens with one attached hydrogen (secondary N) is 2. The van der Waals surface area contributed by atoms with Crippen molar-refractivity contribution in [2.75, 3.05) is 6.54 Å². The van der Waals surface area contributed by atoms with E-state index >= 15 is 0 Å². The minimum absolute atomic E-state index is 0.00480. The summed E-state index contributed by atoms with van der Waals surface area (Å²) in [5.74, 6) is 0.0242. The van der Waals surface area contributed by atoms with Gasteiger partial charge in [0.15, 0.2) is 0 Å². The first-order valence-electron chi connectivity index (χ1n) is 7.10. The number of hydrogen-bond acceptors (Lipinski definition) is 2. The van der Waals surface area contributed by atoms with Gasteiger partial charge in [-0.1, -0.05) is 13.8 Å². The summed E-state index contributed by atoms with van der Waals surface area (Å²) in [7, 11) is 0. The lowest BCUT2D eigenvalue weighted by Crippen LogP contribution is -2.42. The second kappa shape index (κ2) is 6.78. The van der Waals surface area contributed by atoms with Crippen LogP contribution in [0.2, 0.25) is 0 Å². The Labute approximate surface area is 115 Å². The van der Waals surface area contributed by atoms with Crippen LogP contribution in [0.15, 0.2) is 0 Å². The summed E-state index contributed by atoms with van der Waals surface area (Å²) in [6.07, 6.45) is 3.80. The van der Waals surface area contributed by atoms with Crippen LogP contribution in [0.3, 0.4) is 0 Å². The highest BCUT2D eigenvalue weighted by Crippen LogP contribution is 2.33. The zero-order valence-electron chi connectivity index (χ0n) is 12.2. The molecule has 1 fully saturated rings. The van der Waals surface area contributed by atoms with E-state index in [1.807, 2.05) is 6.92 Å². The number of urea groups is 1. The number of carbonyl (C=O) groups is 2. The normalized spacial score (nSPS) is 17.9. The number of aliphatic carboxylic acids is 1. The van der Waals surface area contributed by atoms with E-state index in [1.165, 1.54) is 0 Å². The summed E-state index contributed by atoms with van der Waals surface area (Å²) in [5.41, 5.74) is 0.00480. The van der Waals surface area contributed by atoms with Gasteiger partial charge in [-0.25, -0.2) is 4.79 Å². The Bertz CT molecular complexity index is 325. The molecule has 1 unspecified atom stereocenters. The number of carboxylic acids is 1. The summed E-state index contributed by atoms with van der Waals surface area (Å²) >= 11 is 0. The Hall–Kier alpha value is -1.26. The molecule has 1 aliphatic carbocycles. The Morgan fingerprint density at radius 1 is 1.26 bits per heavy atom. The average Bonchev–Trinajstić information content (AvgIpc) is 2.99. The van der Waals surface area contributed by atoms with Crippen molar-refractivity contribution in [3.05, 3.63) is 0 Å². The quantitative estimate of drug-likeness (QED) is 0.633. The topological polar surface area (TPSA) is 78.4 Å². The molecule has 110 valence electrons. The molecule has 3 N–H and O–H groups in total. The first kappa shape index (κ1) is 15.8. The molecule has 19 heavy (non-hydrogen) atoms. The van der Waals surface area contributed by atoms with Crippen LogP contribution in [0, 0.1) is 11.8 Å². The van der Waals surface area contributed by atoms with E-state index in [-0.39, 0.29) is 18.0 Å². The van der Waals surface area contributed by atoms with Crippen molar-refractivity contribution in [2.45, 2.75) is 58.4 Å². The third kappa shape index (κ3) is 6.45. The zero-order valence-corrected chi connectivity index (χ0v) is 12.2. The molecular weight excluding hydrogens is 244 g/mol. The van der Waals surface area contributed by atoms with E-state index < -0.39 is 5.97 Å². The average molecular weight is 270 g/mol. The maximum atomic E-state index is 11.6.